The fourth-order valence-corrected chi connectivity index (χ4v) is 0.720. The van der Waals surface area contributed by atoms with Crippen LogP contribution in [-0.2, 0) is 0 Å². The van der Waals surface area contributed by atoms with E-state index in [9.17, 15) is 0 Å². The van der Waals surface area contributed by atoms with Gasteiger partial charge in [-0.2, -0.15) is 0 Å². The van der Waals surface area contributed by atoms with Crippen LogP contribution in [0, 0.1) is 0 Å². The summed E-state index contributed by atoms with van der Waals surface area (Å²) < 4.78 is 2.07. The zero-order valence-corrected chi connectivity index (χ0v) is 7.49. The highest BCUT2D eigenvalue weighted by molar-refractivity contribution is 7.77. The Hall–Kier alpha value is 0.310. The van der Waals surface area contributed by atoms with Gasteiger partial charge in [-0.05, 0) is 20.3 Å². The lowest BCUT2D eigenvalue weighted by atomic mass is 10.3. The van der Waals surface area contributed by atoms with Crippen LogP contribution in [-0.4, -0.2) is 16.9 Å². The number of rotatable bonds is 4. The molecular formula is C7H17NS. The summed E-state index contributed by atoms with van der Waals surface area (Å²) >= 11 is 4.29. The van der Waals surface area contributed by atoms with E-state index in [4.69, 9.17) is 0 Å². The van der Waals surface area contributed by atoms with E-state index in [2.05, 4.69) is 37.9 Å². The van der Waals surface area contributed by atoms with Crippen molar-refractivity contribution < 1.29 is 0 Å². The third-order valence-electron chi connectivity index (χ3n) is 1.34. The summed E-state index contributed by atoms with van der Waals surface area (Å²) in [5, 5.41) is 0. The molecule has 0 aromatic carbocycles. The summed E-state index contributed by atoms with van der Waals surface area (Å²) in [5.41, 5.74) is 0. The van der Waals surface area contributed by atoms with Crippen LogP contribution in [0.1, 0.15) is 33.6 Å². The summed E-state index contributed by atoms with van der Waals surface area (Å²) in [4.78, 5) is 0. The Morgan fingerprint density at radius 2 is 2.00 bits per heavy atom. The predicted molar refractivity (Wildman–Crippen MR) is 45.7 cm³/mol. The van der Waals surface area contributed by atoms with Crippen LogP contribution in [0.2, 0.25) is 0 Å². The van der Waals surface area contributed by atoms with Gasteiger partial charge in [-0.3, -0.25) is 4.31 Å². The van der Waals surface area contributed by atoms with Crippen LogP contribution in [0.15, 0.2) is 0 Å². The molecule has 0 bridgehead atoms. The molecule has 0 fully saturated rings. The highest BCUT2D eigenvalue weighted by Crippen LogP contribution is 2.02. The van der Waals surface area contributed by atoms with Crippen molar-refractivity contribution in [1.29, 1.82) is 0 Å². The first-order valence-electron chi connectivity index (χ1n) is 3.64. The molecule has 0 aromatic heterocycles. The molecule has 0 unspecified atom stereocenters. The third kappa shape index (κ3) is 4.79. The molecule has 0 aliphatic rings. The maximum atomic E-state index is 4.29. The average Bonchev–Trinajstić information content (AvgIpc) is 1.82. The molecule has 0 aliphatic carbocycles. The molecular weight excluding hydrogens is 130 g/mol. The Morgan fingerprint density at radius 1 is 1.44 bits per heavy atom. The zero-order valence-electron chi connectivity index (χ0n) is 6.59. The normalized spacial score (nSPS) is 11.3. The number of hydrogen-bond acceptors (Lipinski definition) is 2. The molecule has 0 atom stereocenters. The minimum Gasteiger partial charge on any atom is -0.251 e. The van der Waals surface area contributed by atoms with Gasteiger partial charge in [-0.1, -0.05) is 26.2 Å². The lowest BCUT2D eigenvalue weighted by Crippen LogP contribution is -2.21. The highest BCUT2D eigenvalue weighted by Gasteiger charge is 2.00. The van der Waals surface area contributed by atoms with Crippen LogP contribution in [0.4, 0.5) is 0 Å². The van der Waals surface area contributed by atoms with E-state index >= 15 is 0 Å². The van der Waals surface area contributed by atoms with Crippen molar-refractivity contribution in [2.75, 3.05) is 6.54 Å². The van der Waals surface area contributed by atoms with E-state index in [0.29, 0.717) is 6.04 Å². The van der Waals surface area contributed by atoms with Gasteiger partial charge in [0, 0.05) is 12.6 Å². The molecule has 0 heterocycles. The Morgan fingerprint density at radius 3 is 2.33 bits per heavy atom. The minimum atomic E-state index is 0.569. The monoisotopic (exact) mass is 147 g/mol. The van der Waals surface area contributed by atoms with Gasteiger partial charge >= 0.3 is 0 Å². The second-order valence-corrected chi connectivity index (χ2v) is 3.12. The number of thiol groups is 1. The van der Waals surface area contributed by atoms with Crippen molar-refractivity contribution >= 4 is 12.8 Å². The summed E-state index contributed by atoms with van der Waals surface area (Å²) in [5.74, 6) is 0. The standard InChI is InChI=1S/C7H17NS/c1-4-5-6-8(9)7(2)3/h7,9H,4-6H2,1-3H3. The molecule has 1 nitrogen and oxygen atoms in total. The van der Waals surface area contributed by atoms with Crippen LogP contribution in [0.3, 0.4) is 0 Å². The minimum absolute atomic E-state index is 0.569. The molecule has 0 saturated carbocycles. The molecule has 0 amide bonds. The molecule has 0 radical (unpaired) electrons. The highest BCUT2D eigenvalue weighted by atomic mass is 32.1. The molecule has 0 N–H and O–H groups in total. The Kier molecular flexibility index (Phi) is 5.30. The average molecular weight is 147 g/mol. The molecule has 2 heteroatoms. The predicted octanol–water partition coefficient (Wildman–Crippen LogP) is 2.34. The van der Waals surface area contributed by atoms with E-state index in [1.54, 1.807) is 0 Å². The fourth-order valence-electron chi connectivity index (χ4n) is 0.578. The lowest BCUT2D eigenvalue weighted by Gasteiger charge is -2.18. The van der Waals surface area contributed by atoms with Gasteiger partial charge in [-0.15, -0.1) is 0 Å². The topological polar surface area (TPSA) is 3.24 Å². The van der Waals surface area contributed by atoms with E-state index in [0.717, 1.165) is 6.54 Å². The fraction of sp³-hybridized carbons (Fsp3) is 1.00. The van der Waals surface area contributed by atoms with E-state index in [-0.39, 0.29) is 0 Å². The number of nitrogens with zero attached hydrogens (tertiary/aromatic N) is 1. The van der Waals surface area contributed by atoms with Crippen molar-refractivity contribution in [3.05, 3.63) is 0 Å². The molecule has 0 spiro atoms. The summed E-state index contributed by atoms with van der Waals surface area (Å²) in [6, 6.07) is 0.569. The van der Waals surface area contributed by atoms with Crippen molar-refractivity contribution in [2.45, 2.75) is 39.7 Å². The maximum Gasteiger partial charge on any atom is 0.0143 e. The molecule has 0 saturated heterocycles. The summed E-state index contributed by atoms with van der Waals surface area (Å²) in [6.07, 6.45) is 2.51. The first-order chi connectivity index (χ1) is 4.18. The first kappa shape index (κ1) is 9.31. The summed E-state index contributed by atoms with van der Waals surface area (Å²) in [7, 11) is 0. The van der Waals surface area contributed by atoms with Gasteiger partial charge in [0.05, 0.1) is 0 Å². The Balaban J connectivity index is 3.16. The Labute approximate surface area is 64.0 Å². The molecule has 0 aromatic rings. The van der Waals surface area contributed by atoms with Crippen LogP contribution in [0.5, 0.6) is 0 Å². The zero-order chi connectivity index (χ0) is 7.28. The van der Waals surface area contributed by atoms with Gasteiger partial charge < -0.3 is 0 Å². The van der Waals surface area contributed by atoms with Crippen molar-refractivity contribution in [3.63, 3.8) is 0 Å². The molecule has 9 heavy (non-hydrogen) atoms. The Bertz CT molecular complexity index is 63.9. The van der Waals surface area contributed by atoms with Gasteiger partial charge in [0.15, 0.2) is 0 Å². The van der Waals surface area contributed by atoms with Crippen molar-refractivity contribution in [1.82, 2.24) is 4.31 Å². The molecule has 0 rings (SSSR count). The van der Waals surface area contributed by atoms with Crippen LogP contribution in [0.25, 0.3) is 0 Å². The number of hydrogen-bond donors (Lipinski definition) is 1. The SMILES string of the molecule is CCCCN(S)C(C)C. The lowest BCUT2D eigenvalue weighted by molar-refractivity contribution is 0.393. The second kappa shape index (κ2) is 5.12. The summed E-state index contributed by atoms with van der Waals surface area (Å²) in [6.45, 7) is 7.62. The van der Waals surface area contributed by atoms with Gasteiger partial charge in [0.2, 0.25) is 0 Å². The van der Waals surface area contributed by atoms with Crippen molar-refractivity contribution in [2.24, 2.45) is 0 Å². The van der Waals surface area contributed by atoms with Gasteiger partial charge in [0.1, 0.15) is 0 Å². The van der Waals surface area contributed by atoms with Crippen LogP contribution >= 0.6 is 12.8 Å². The number of unbranched alkanes of at least 4 members (excludes halogenated alkanes) is 1. The molecule has 0 aliphatic heterocycles. The maximum absolute atomic E-state index is 4.29. The third-order valence-corrected chi connectivity index (χ3v) is 2.00. The van der Waals surface area contributed by atoms with E-state index < -0.39 is 0 Å². The second-order valence-electron chi connectivity index (χ2n) is 2.61. The van der Waals surface area contributed by atoms with E-state index in [1.165, 1.54) is 12.8 Å². The van der Waals surface area contributed by atoms with Gasteiger partial charge in [0.25, 0.3) is 0 Å². The van der Waals surface area contributed by atoms with E-state index in [1.807, 2.05) is 0 Å². The van der Waals surface area contributed by atoms with Gasteiger partial charge in [-0.25, -0.2) is 0 Å². The smallest absolute Gasteiger partial charge is 0.0143 e. The quantitative estimate of drug-likeness (QED) is 0.597. The molecule has 56 valence electrons. The largest absolute Gasteiger partial charge is 0.251 e. The van der Waals surface area contributed by atoms with Crippen LogP contribution < -0.4 is 0 Å². The first-order valence-corrected chi connectivity index (χ1v) is 4.04. The van der Waals surface area contributed by atoms with Crippen molar-refractivity contribution in [3.8, 4) is 0 Å².